The Morgan fingerprint density at radius 2 is 2.07 bits per heavy atom. The zero-order valence-corrected chi connectivity index (χ0v) is 16.4. The lowest BCUT2D eigenvalue weighted by Gasteiger charge is -2.11. The number of carbonyl (C=O) groups is 2. The fraction of sp³-hybridized carbons (Fsp3) is 0.222. The minimum Gasteiger partial charge on any atom is -0.336 e. The Morgan fingerprint density at radius 1 is 1.32 bits per heavy atom. The van der Waals surface area contributed by atoms with Gasteiger partial charge >= 0.3 is 6.03 Å². The summed E-state index contributed by atoms with van der Waals surface area (Å²) in [5.41, 5.74) is 1.16. The molecule has 3 heterocycles. The van der Waals surface area contributed by atoms with Crippen LogP contribution in [0.3, 0.4) is 0 Å². The van der Waals surface area contributed by atoms with Crippen LogP contribution >= 0.6 is 23.1 Å². The van der Waals surface area contributed by atoms with Crippen LogP contribution in [0, 0.1) is 12.7 Å². The van der Waals surface area contributed by atoms with Gasteiger partial charge < -0.3 is 10.3 Å². The highest BCUT2D eigenvalue weighted by Crippen LogP contribution is 2.36. The highest BCUT2D eigenvalue weighted by molar-refractivity contribution is 7.99. The van der Waals surface area contributed by atoms with Crippen molar-refractivity contribution in [1.82, 2.24) is 20.2 Å². The monoisotopic (exact) mass is 418 g/mol. The van der Waals surface area contributed by atoms with Gasteiger partial charge in [0.2, 0.25) is 5.91 Å². The van der Waals surface area contributed by atoms with E-state index >= 15 is 0 Å². The van der Waals surface area contributed by atoms with Crippen LogP contribution in [0.1, 0.15) is 4.88 Å². The van der Waals surface area contributed by atoms with E-state index in [9.17, 15) is 18.8 Å². The van der Waals surface area contributed by atoms with Crippen molar-refractivity contribution in [2.24, 2.45) is 0 Å². The van der Waals surface area contributed by atoms with E-state index in [1.165, 1.54) is 23.5 Å². The molecule has 144 valence electrons. The van der Waals surface area contributed by atoms with Crippen LogP contribution in [-0.2, 0) is 4.79 Å². The number of urea groups is 1. The number of nitrogens with one attached hydrogen (secondary N) is 2. The molecule has 0 spiro atoms. The van der Waals surface area contributed by atoms with Crippen LogP contribution in [0.15, 0.2) is 34.2 Å². The molecule has 0 radical (unpaired) electrons. The van der Waals surface area contributed by atoms with Crippen LogP contribution in [0.2, 0.25) is 0 Å². The van der Waals surface area contributed by atoms with Gasteiger partial charge in [-0.25, -0.2) is 14.2 Å². The van der Waals surface area contributed by atoms with E-state index < -0.39 is 6.03 Å². The third kappa shape index (κ3) is 3.40. The van der Waals surface area contributed by atoms with Gasteiger partial charge in [-0.2, -0.15) is 0 Å². The van der Waals surface area contributed by atoms with E-state index in [0.717, 1.165) is 32.7 Å². The minimum atomic E-state index is -0.402. The first kappa shape index (κ1) is 18.6. The summed E-state index contributed by atoms with van der Waals surface area (Å²) < 4.78 is 13.2. The third-order valence-electron chi connectivity index (χ3n) is 4.34. The Hall–Kier alpha value is -2.72. The standard InChI is InChI=1S/C18H15FN4O3S2/c1-9-13(10-2-4-11(19)5-3-10)14-15(25)21-17(22-16(14)28-9)27-8-12(24)23-7-6-20-18(23)26/h2-5H,6-8H2,1H3,(H,20,26)(H,21,22,25). The number of aromatic amines is 1. The maximum atomic E-state index is 13.2. The average Bonchev–Trinajstić information content (AvgIpc) is 3.23. The fourth-order valence-electron chi connectivity index (χ4n) is 3.05. The molecule has 0 atom stereocenters. The Labute approximate surface area is 167 Å². The van der Waals surface area contributed by atoms with Crippen molar-refractivity contribution < 1.29 is 14.0 Å². The molecular weight excluding hydrogens is 403 g/mol. The van der Waals surface area contributed by atoms with Crippen molar-refractivity contribution in [2.75, 3.05) is 18.8 Å². The summed E-state index contributed by atoms with van der Waals surface area (Å²) in [7, 11) is 0. The zero-order valence-electron chi connectivity index (χ0n) is 14.7. The van der Waals surface area contributed by atoms with Gasteiger partial charge in [-0.1, -0.05) is 23.9 Å². The first-order valence-electron chi connectivity index (χ1n) is 8.44. The summed E-state index contributed by atoms with van der Waals surface area (Å²) in [6, 6.07) is 5.56. The van der Waals surface area contributed by atoms with Crippen LogP contribution in [0.4, 0.5) is 9.18 Å². The zero-order chi connectivity index (χ0) is 19.8. The molecule has 1 aliphatic heterocycles. The SMILES string of the molecule is Cc1sc2nc(SCC(=O)N3CCNC3=O)[nH]c(=O)c2c1-c1ccc(F)cc1. The number of aryl methyl sites for hydroxylation is 1. The second kappa shape index (κ2) is 7.36. The molecule has 0 saturated carbocycles. The van der Waals surface area contributed by atoms with E-state index in [2.05, 4.69) is 15.3 Å². The molecule has 0 aliphatic carbocycles. The number of benzene rings is 1. The van der Waals surface area contributed by atoms with Gasteiger partial charge in [-0.05, 0) is 24.6 Å². The number of H-pyrrole nitrogens is 1. The summed E-state index contributed by atoms with van der Waals surface area (Å²) >= 11 is 2.45. The number of aromatic nitrogens is 2. The maximum Gasteiger partial charge on any atom is 0.324 e. The summed E-state index contributed by atoms with van der Waals surface area (Å²) in [4.78, 5) is 46.1. The lowest BCUT2D eigenvalue weighted by Crippen LogP contribution is -2.35. The second-order valence-electron chi connectivity index (χ2n) is 6.16. The van der Waals surface area contributed by atoms with Gasteiger partial charge in [-0.15, -0.1) is 11.3 Å². The number of fused-ring (bicyclic) bond motifs is 1. The number of rotatable bonds is 4. The third-order valence-corrected chi connectivity index (χ3v) is 6.20. The van der Waals surface area contributed by atoms with E-state index in [0.29, 0.717) is 28.5 Å². The van der Waals surface area contributed by atoms with Crippen LogP contribution in [-0.4, -0.2) is 45.6 Å². The molecule has 0 bridgehead atoms. The molecule has 1 aromatic carbocycles. The lowest BCUT2D eigenvalue weighted by molar-refractivity contribution is -0.124. The van der Waals surface area contributed by atoms with Crippen LogP contribution < -0.4 is 10.9 Å². The highest BCUT2D eigenvalue weighted by Gasteiger charge is 2.26. The van der Waals surface area contributed by atoms with Crippen molar-refractivity contribution in [3.8, 4) is 11.1 Å². The van der Waals surface area contributed by atoms with Gasteiger partial charge in [0.15, 0.2) is 5.16 Å². The van der Waals surface area contributed by atoms with Gasteiger partial charge in [-0.3, -0.25) is 14.5 Å². The predicted octanol–water partition coefficient (Wildman–Crippen LogP) is 2.74. The Balaban J connectivity index is 1.62. The summed E-state index contributed by atoms with van der Waals surface area (Å²) in [5.74, 6) is -0.683. The number of imide groups is 1. The topological polar surface area (TPSA) is 95.2 Å². The predicted molar refractivity (Wildman–Crippen MR) is 106 cm³/mol. The van der Waals surface area contributed by atoms with Crippen LogP contribution in [0.25, 0.3) is 21.3 Å². The Morgan fingerprint density at radius 3 is 2.75 bits per heavy atom. The number of thioether (sulfide) groups is 1. The van der Waals surface area contributed by atoms with E-state index in [1.54, 1.807) is 12.1 Å². The number of hydrogen-bond acceptors (Lipinski definition) is 6. The number of thiophene rings is 1. The van der Waals surface area contributed by atoms with Crippen molar-refractivity contribution >= 4 is 45.3 Å². The largest absolute Gasteiger partial charge is 0.336 e. The molecule has 2 N–H and O–H groups in total. The van der Waals surface area contributed by atoms with E-state index in [1.807, 2.05) is 6.92 Å². The van der Waals surface area contributed by atoms with Gasteiger partial charge in [0.1, 0.15) is 10.6 Å². The Kier molecular flexibility index (Phi) is 4.90. The molecule has 3 amide bonds. The molecule has 1 aliphatic rings. The quantitative estimate of drug-likeness (QED) is 0.502. The molecule has 4 rings (SSSR count). The van der Waals surface area contributed by atoms with Crippen LogP contribution in [0.5, 0.6) is 0 Å². The number of nitrogens with zero attached hydrogens (tertiary/aromatic N) is 2. The first-order chi connectivity index (χ1) is 13.4. The highest BCUT2D eigenvalue weighted by atomic mass is 32.2. The van der Waals surface area contributed by atoms with Crippen molar-refractivity contribution in [3.63, 3.8) is 0 Å². The summed E-state index contributed by atoms with van der Waals surface area (Å²) in [5, 5.41) is 3.34. The molecule has 0 unspecified atom stereocenters. The molecule has 7 nitrogen and oxygen atoms in total. The molecule has 3 aromatic rings. The average molecular weight is 418 g/mol. The van der Waals surface area contributed by atoms with E-state index in [4.69, 9.17) is 0 Å². The van der Waals surface area contributed by atoms with Gasteiger partial charge in [0.25, 0.3) is 5.56 Å². The minimum absolute atomic E-state index is 0.00293. The van der Waals surface area contributed by atoms with Gasteiger partial charge in [0.05, 0.1) is 11.1 Å². The van der Waals surface area contributed by atoms with Crippen molar-refractivity contribution in [2.45, 2.75) is 12.1 Å². The lowest BCUT2D eigenvalue weighted by atomic mass is 10.0. The molecule has 1 fully saturated rings. The van der Waals surface area contributed by atoms with Crippen molar-refractivity contribution in [3.05, 3.63) is 45.3 Å². The molecule has 1 saturated heterocycles. The first-order valence-corrected chi connectivity index (χ1v) is 10.2. The van der Waals surface area contributed by atoms with E-state index in [-0.39, 0.29) is 23.0 Å². The fourth-order valence-corrected chi connectivity index (χ4v) is 4.89. The van der Waals surface area contributed by atoms with Crippen molar-refractivity contribution in [1.29, 1.82) is 0 Å². The number of hydrogen-bond donors (Lipinski definition) is 2. The summed E-state index contributed by atoms with van der Waals surface area (Å²) in [6.45, 7) is 2.66. The van der Waals surface area contributed by atoms with Gasteiger partial charge in [0, 0.05) is 23.5 Å². The molecule has 28 heavy (non-hydrogen) atoms. The number of halogens is 1. The normalized spacial score (nSPS) is 13.9. The molecule has 10 heteroatoms. The Bertz CT molecular complexity index is 1140. The summed E-state index contributed by atoms with van der Waals surface area (Å²) in [6.07, 6.45) is 0. The number of carbonyl (C=O) groups excluding carboxylic acids is 2. The molecule has 2 aromatic heterocycles. The number of amides is 3. The maximum absolute atomic E-state index is 13.2. The second-order valence-corrected chi connectivity index (χ2v) is 8.32. The molecular formula is C18H15FN4O3S2. The smallest absolute Gasteiger partial charge is 0.324 e.